The molecule has 4 rings (SSSR count). The Hall–Kier alpha value is -2.59. The molecule has 2 aromatic carbocycles. The van der Waals surface area contributed by atoms with Gasteiger partial charge < -0.3 is 9.47 Å². The minimum Gasteiger partial charge on any atom is -0.369 e. The van der Waals surface area contributed by atoms with Gasteiger partial charge in [0.15, 0.2) is 0 Å². The first-order valence-corrected chi connectivity index (χ1v) is 8.49. The SMILES string of the molecule is c1ccc(N2CCN(Cc3cn(-c4ccccc4)cn3)CC2)cc1. The van der Waals surface area contributed by atoms with Crippen LogP contribution in [0.3, 0.4) is 0 Å². The third-order valence-electron chi connectivity index (χ3n) is 4.57. The zero-order valence-electron chi connectivity index (χ0n) is 13.8. The van der Waals surface area contributed by atoms with Crippen LogP contribution >= 0.6 is 0 Å². The van der Waals surface area contributed by atoms with Crippen LogP contribution < -0.4 is 4.90 Å². The highest BCUT2D eigenvalue weighted by Crippen LogP contribution is 2.17. The van der Waals surface area contributed by atoms with Crippen molar-refractivity contribution in [2.75, 3.05) is 31.1 Å². The zero-order valence-corrected chi connectivity index (χ0v) is 13.8. The molecule has 4 nitrogen and oxygen atoms in total. The molecule has 0 atom stereocenters. The smallest absolute Gasteiger partial charge is 0.0995 e. The van der Waals surface area contributed by atoms with Gasteiger partial charge in [0.1, 0.15) is 0 Å². The van der Waals surface area contributed by atoms with Gasteiger partial charge in [0.2, 0.25) is 0 Å². The Morgan fingerprint density at radius 2 is 1.38 bits per heavy atom. The van der Waals surface area contributed by atoms with Gasteiger partial charge in [-0.15, -0.1) is 0 Å². The van der Waals surface area contributed by atoms with Gasteiger partial charge in [-0.2, -0.15) is 0 Å². The highest BCUT2D eigenvalue weighted by Gasteiger charge is 2.17. The maximum Gasteiger partial charge on any atom is 0.0995 e. The second kappa shape index (κ2) is 6.89. The molecule has 1 aliphatic heterocycles. The summed E-state index contributed by atoms with van der Waals surface area (Å²) in [6.07, 6.45) is 4.05. The molecule has 0 bridgehead atoms. The van der Waals surface area contributed by atoms with Crippen LogP contribution in [0.25, 0.3) is 5.69 Å². The predicted octanol–water partition coefficient (Wildman–Crippen LogP) is 3.19. The van der Waals surface area contributed by atoms with Crippen molar-refractivity contribution in [2.45, 2.75) is 6.54 Å². The van der Waals surface area contributed by atoms with Crippen molar-refractivity contribution in [3.63, 3.8) is 0 Å². The number of rotatable bonds is 4. The van der Waals surface area contributed by atoms with E-state index in [1.165, 1.54) is 5.69 Å². The van der Waals surface area contributed by atoms with Gasteiger partial charge in [0.25, 0.3) is 0 Å². The van der Waals surface area contributed by atoms with Crippen LogP contribution in [0, 0.1) is 0 Å². The number of anilines is 1. The lowest BCUT2D eigenvalue weighted by Crippen LogP contribution is -2.46. The highest BCUT2D eigenvalue weighted by atomic mass is 15.3. The average molecular weight is 318 g/mol. The summed E-state index contributed by atoms with van der Waals surface area (Å²) in [4.78, 5) is 9.51. The summed E-state index contributed by atoms with van der Waals surface area (Å²) in [5, 5.41) is 0. The van der Waals surface area contributed by atoms with E-state index in [4.69, 9.17) is 0 Å². The summed E-state index contributed by atoms with van der Waals surface area (Å²) in [5.74, 6) is 0. The van der Waals surface area contributed by atoms with Crippen LogP contribution in [0.2, 0.25) is 0 Å². The van der Waals surface area contributed by atoms with Crippen LogP contribution in [0.1, 0.15) is 5.69 Å². The van der Waals surface area contributed by atoms with Crippen molar-refractivity contribution in [3.8, 4) is 5.69 Å². The molecule has 1 saturated heterocycles. The molecule has 0 radical (unpaired) electrons. The summed E-state index contributed by atoms with van der Waals surface area (Å²) < 4.78 is 2.09. The van der Waals surface area contributed by atoms with Gasteiger partial charge in [-0.05, 0) is 24.3 Å². The van der Waals surface area contributed by atoms with Crippen molar-refractivity contribution in [3.05, 3.63) is 78.9 Å². The van der Waals surface area contributed by atoms with E-state index in [2.05, 4.69) is 80.1 Å². The first-order valence-electron chi connectivity index (χ1n) is 8.49. The third-order valence-corrected chi connectivity index (χ3v) is 4.57. The van der Waals surface area contributed by atoms with E-state index in [1.807, 2.05) is 12.4 Å². The minimum absolute atomic E-state index is 0.919. The van der Waals surface area contributed by atoms with Crippen LogP contribution in [0.4, 0.5) is 5.69 Å². The topological polar surface area (TPSA) is 24.3 Å². The molecule has 1 fully saturated rings. The molecule has 0 unspecified atom stereocenters. The van der Waals surface area contributed by atoms with Crippen molar-refractivity contribution >= 4 is 5.69 Å². The van der Waals surface area contributed by atoms with E-state index in [0.29, 0.717) is 0 Å². The molecule has 2 heterocycles. The Morgan fingerprint density at radius 3 is 2.04 bits per heavy atom. The van der Waals surface area contributed by atoms with E-state index in [1.54, 1.807) is 0 Å². The number of para-hydroxylation sites is 2. The van der Waals surface area contributed by atoms with Crippen molar-refractivity contribution in [1.82, 2.24) is 14.5 Å². The molecular weight excluding hydrogens is 296 g/mol. The van der Waals surface area contributed by atoms with E-state index in [0.717, 1.165) is 44.1 Å². The van der Waals surface area contributed by atoms with E-state index >= 15 is 0 Å². The fourth-order valence-electron chi connectivity index (χ4n) is 3.22. The number of benzene rings is 2. The maximum atomic E-state index is 4.57. The van der Waals surface area contributed by atoms with Gasteiger partial charge in [0, 0.05) is 50.3 Å². The molecule has 3 aromatic rings. The number of hydrogen-bond acceptors (Lipinski definition) is 3. The Balaban J connectivity index is 1.35. The molecule has 0 amide bonds. The third kappa shape index (κ3) is 3.34. The molecule has 0 saturated carbocycles. The normalized spacial score (nSPS) is 15.6. The zero-order chi connectivity index (χ0) is 16.2. The second-order valence-electron chi connectivity index (χ2n) is 6.21. The van der Waals surface area contributed by atoms with Gasteiger partial charge in [0.05, 0.1) is 12.0 Å². The quantitative estimate of drug-likeness (QED) is 0.738. The van der Waals surface area contributed by atoms with E-state index in [-0.39, 0.29) is 0 Å². The van der Waals surface area contributed by atoms with Gasteiger partial charge in [-0.1, -0.05) is 36.4 Å². The Kier molecular flexibility index (Phi) is 4.30. The lowest BCUT2D eigenvalue weighted by molar-refractivity contribution is 0.247. The van der Waals surface area contributed by atoms with Crippen LogP contribution in [0.5, 0.6) is 0 Å². The van der Waals surface area contributed by atoms with Gasteiger partial charge in [-0.3, -0.25) is 4.90 Å². The molecule has 1 aliphatic rings. The first-order chi connectivity index (χ1) is 11.9. The second-order valence-corrected chi connectivity index (χ2v) is 6.21. The van der Waals surface area contributed by atoms with Crippen molar-refractivity contribution < 1.29 is 0 Å². The molecule has 122 valence electrons. The number of aromatic nitrogens is 2. The standard InChI is InChI=1S/C20H22N4/c1-3-7-19(8-4-1)23-13-11-22(12-14-23)15-18-16-24(17-21-18)20-9-5-2-6-10-20/h1-10,16-17H,11-15H2. The summed E-state index contributed by atoms with van der Waals surface area (Å²) in [7, 11) is 0. The molecule has 0 N–H and O–H groups in total. The highest BCUT2D eigenvalue weighted by molar-refractivity contribution is 5.46. The molecule has 4 heteroatoms. The number of imidazole rings is 1. The lowest BCUT2D eigenvalue weighted by atomic mass is 10.2. The fraction of sp³-hybridized carbons (Fsp3) is 0.250. The number of nitrogens with zero attached hydrogens (tertiary/aromatic N) is 4. The molecular formula is C20H22N4. The minimum atomic E-state index is 0.919. The summed E-state index contributed by atoms with van der Waals surface area (Å²) in [6, 6.07) is 21.0. The predicted molar refractivity (Wildman–Crippen MR) is 97.5 cm³/mol. The lowest BCUT2D eigenvalue weighted by Gasteiger charge is -2.35. The summed E-state index contributed by atoms with van der Waals surface area (Å²) >= 11 is 0. The van der Waals surface area contributed by atoms with Gasteiger partial charge >= 0.3 is 0 Å². The van der Waals surface area contributed by atoms with E-state index < -0.39 is 0 Å². The monoisotopic (exact) mass is 318 g/mol. The molecule has 0 spiro atoms. The van der Waals surface area contributed by atoms with E-state index in [9.17, 15) is 0 Å². The number of piperazine rings is 1. The number of hydrogen-bond donors (Lipinski definition) is 0. The molecule has 1 aromatic heterocycles. The van der Waals surface area contributed by atoms with Crippen LogP contribution in [-0.2, 0) is 6.54 Å². The van der Waals surface area contributed by atoms with Crippen molar-refractivity contribution in [2.24, 2.45) is 0 Å². The Morgan fingerprint density at radius 1 is 0.750 bits per heavy atom. The average Bonchev–Trinajstić information content (AvgIpc) is 3.12. The fourth-order valence-corrected chi connectivity index (χ4v) is 3.22. The van der Waals surface area contributed by atoms with Crippen LogP contribution in [-0.4, -0.2) is 40.6 Å². The summed E-state index contributed by atoms with van der Waals surface area (Å²) in [6.45, 7) is 5.22. The van der Waals surface area contributed by atoms with Crippen LogP contribution in [0.15, 0.2) is 73.2 Å². The largest absolute Gasteiger partial charge is 0.369 e. The summed E-state index contributed by atoms with van der Waals surface area (Å²) in [5.41, 5.74) is 3.61. The van der Waals surface area contributed by atoms with Gasteiger partial charge in [-0.25, -0.2) is 4.98 Å². The molecule has 24 heavy (non-hydrogen) atoms. The Bertz CT molecular complexity index is 759. The molecule has 0 aliphatic carbocycles. The first kappa shape index (κ1) is 15.0. The maximum absolute atomic E-state index is 4.57. The Labute approximate surface area is 143 Å². The van der Waals surface area contributed by atoms with Crippen molar-refractivity contribution in [1.29, 1.82) is 0 Å².